The van der Waals surface area contributed by atoms with Gasteiger partial charge >= 0.3 is 0 Å². The summed E-state index contributed by atoms with van der Waals surface area (Å²) in [6.07, 6.45) is 3.67. The predicted molar refractivity (Wildman–Crippen MR) is 67.1 cm³/mol. The van der Waals surface area contributed by atoms with Gasteiger partial charge in [-0.15, -0.1) is 0 Å². The molecule has 5 atom stereocenters. The molecule has 2 saturated carbocycles. The highest BCUT2D eigenvalue weighted by molar-refractivity contribution is 5.94. The molecule has 0 radical (unpaired) electrons. The summed E-state index contributed by atoms with van der Waals surface area (Å²) < 4.78 is 5.65. The average molecular weight is 243 g/mol. The molecule has 0 unspecified atom stereocenters. The van der Waals surface area contributed by atoms with Gasteiger partial charge in [-0.1, -0.05) is 18.2 Å². The maximum atomic E-state index is 12.0. The van der Waals surface area contributed by atoms with Crippen LogP contribution in [0.3, 0.4) is 0 Å². The zero-order chi connectivity index (χ0) is 12.1. The molecule has 1 aliphatic heterocycles. The first kappa shape index (κ1) is 10.6. The van der Waals surface area contributed by atoms with E-state index in [1.54, 1.807) is 0 Å². The summed E-state index contributed by atoms with van der Waals surface area (Å²) >= 11 is 0. The third-order valence-electron chi connectivity index (χ3n) is 4.79. The van der Waals surface area contributed by atoms with Gasteiger partial charge in [0.15, 0.2) is 0 Å². The molecule has 1 aromatic carbocycles. The van der Waals surface area contributed by atoms with Crippen LogP contribution in [0.4, 0.5) is 0 Å². The minimum atomic E-state index is 0.0478. The van der Waals surface area contributed by atoms with Crippen LogP contribution in [0.15, 0.2) is 30.3 Å². The summed E-state index contributed by atoms with van der Waals surface area (Å²) in [7, 11) is 0. The summed E-state index contributed by atoms with van der Waals surface area (Å²) in [5.41, 5.74) is 0.751. The molecule has 3 aliphatic rings. The Hall–Kier alpha value is -1.35. The number of nitrogens with one attached hydrogen (secondary N) is 1. The van der Waals surface area contributed by atoms with E-state index >= 15 is 0 Å². The van der Waals surface area contributed by atoms with Crippen molar-refractivity contribution < 1.29 is 9.53 Å². The van der Waals surface area contributed by atoms with Crippen molar-refractivity contribution in [2.24, 2.45) is 17.8 Å². The minimum Gasteiger partial charge on any atom is -0.369 e. The Balaban J connectivity index is 1.36. The number of rotatable bonds is 3. The van der Waals surface area contributed by atoms with Crippen LogP contribution in [0.5, 0.6) is 0 Å². The van der Waals surface area contributed by atoms with Crippen LogP contribution in [-0.4, -0.2) is 24.7 Å². The zero-order valence-corrected chi connectivity index (χ0v) is 10.2. The van der Waals surface area contributed by atoms with Crippen molar-refractivity contribution in [1.29, 1.82) is 0 Å². The number of amides is 1. The summed E-state index contributed by atoms with van der Waals surface area (Å²) in [5, 5.41) is 3.07. The Bertz CT molecular complexity index is 473. The monoisotopic (exact) mass is 243 g/mol. The SMILES string of the molecule is O=C(NC[C@H]1C[C@@H]2C[C@H]1[C@H]1O[C@@H]21)c1ccccc1. The van der Waals surface area contributed by atoms with E-state index in [0.717, 1.165) is 18.0 Å². The minimum absolute atomic E-state index is 0.0478. The molecule has 3 heteroatoms. The van der Waals surface area contributed by atoms with Crippen LogP contribution in [-0.2, 0) is 4.74 Å². The molecule has 18 heavy (non-hydrogen) atoms. The van der Waals surface area contributed by atoms with E-state index in [0.29, 0.717) is 24.0 Å². The van der Waals surface area contributed by atoms with Gasteiger partial charge < -0.3 is 10.1 Å². The Kier molecular flexibility index (Phi) is 2.24. The zero-order valence-electron chi connectivity index (χ0n) is 10.2. The first-order valence-corrected chi connectivity index (χ1v) is 6.81. The maximum absolute atomic E-state index is 12.0. The fourth-order valence-electron chi connectivity index (χ4n) is 3.88. The van der Waals surface area contributed by atoms with Gasteiger partial charge in [0, 0.05) is 12.1 Å². The molecule has 0 spiro atoms. The number of carbonyl (C=O) groups excluding carboxylic acids is 1. The largest absolute Gasteiger partial charge is 0.369 e. The average Bonchev–Trinajstić information content (AvgIpc) is 3.03. The van der Waals surface area contributed by atoms with E-state index in [1.165, 1.54) is 12.8 Å². The quantitative estimate of drug-likeness (QED) is 0.823. The molecule has 2 aliphatic carbocycles. The van der Waals surface area contributed by atoms with Crippen molar-refractivity contribution in [1.82, 2.24) is 5.32 Å². The molecule has 3 fully saturated rings. The van der Waals surface area contributed by atoms with Gasteiger partial charge in [0.2, 0.25) is 0 Å². The van der Waals surface area contributed by atoms with Gasteiger partial charge in [0.05, 0.1) is 12.2 Å². The molecule has 4 rings (SSSR count). The first-order chi connectivity index (χ1) is 8.83. The van der Waals surface area contributed by atoms with Crippen molar-refractivity contribution >= 4 is 5.91 Å². The first-order valence-electron chi connectivity index (χ1n) is 6.81. The van der Waals surface area contributed by atoms with Crippen molar-refractivity contribution in [3.63, 3.8) is 0 Å². The molecular formula is C15H17NO2. The van der Waals surface area contributed by atoms with Gasteiger partial charge in [-0.05, 0) is 42.7 Å². The summed E-state index contributed by atoms with van der Waals surface area (Å²) in [6, 6.07) is 9.44. The lowest BCUT2D eigenvalue weighted by atomic mass is 9.89. The summed E-state index contributed by atoms with van der Waals surface area (Å²) in [5.74, 6) is 2.16. The van der Waals surface area contributed by atoms with Crippen LogP contribution in [0.2, 0.25) is 0 Å². The van der Waals surface area contributed by atoms with Crippen LogP contribution >= 0.6 is 0 Å². The lowest BCUT2D eigenvalue weighted by Crippen LogP contribution is -2.33. The van der Waals surface area contributed by atoms with E-state index in [2.05, 4.69) is 5.32 Å². The highest BCUT2D eigenvalue weighted by atomic mass is 16.6. The highest BCUT2D eigenvalue weighted by Crippen LogP contribution is 2.58. The molecule has 1 N–H and O–H groups in total. The molecular weight excluding hydrogens is 226 g/mol. The molecule has 1 amide bonds. The predicted octanol–water partition coefficient (Wildman–Crippen LogP) is 1.84. The van der Waals surface area contributed by atoms with Crippen LogP contribution in [0.1, 0.15) is 23.2 Å². The fourth-order valence-corrected chi connectivity index (χ4v) is 3.88. The number of ether oxygens (including phenoxy) is 1. The Morgan fingerprint density at radius 3 is 2.78 bits per heavy atom. The Morgan fingerprint density at radius 1 is 1.22 bits per heavy atom. The van der Waals surface area contributed by atoms with Crippen molar-refractivity contribution in [2.75, 3.05) is 6.54 Å². The standard InChI is InChI=1S/C15H17NO2/c17-15(9-4-2-1-3-5-9)16-8-11-6-10-7-12(11)14-13(10)18-14/h1-5,10-14H,6-8H2,(H,16,17)/t10-,11-,12-,13+,14-/m1/s1. The van der Waals surface area contributed by atoms with Gasteiger partial charge in [-0.25, -0.2) is 0 Å². The number of fused-ring (bicyclic) bond motifs is 5. The molecule has 1 aromatic rings. The summed E-state index contributed by atoms with van der Waals surface area (Å²) in [6.45, 7) is 0.807. The van der Waals surface area contributed by atoms with Crippen LogP contribution in [0, 0.1) is 17.8 Å². The molecule has 1 heterocycles. The number of hydrogen-bond acceptors (Lipinski definition) is 2. The van der Waals surface area contributed by atoms with Gasteiger partial charge in [-0.2, -0.15) is 0 Å². The van der Waals surface area contributed by atoms with Crippen molar-refractivity contribution in [3.8, 4) is 0 Å². The molecule has 3 nitrogen and oxygen atoms in total. The third-order valence-corrected chi connectivity index (χ3v) is 4.79. The fraction of sp³-hybridized carbons (Fsp3) is 0.533. The van der Waals surface area contributed by atoms with E-state index in [4.69, 9.17) is 4.74 Å². The number of hydrogen-bond donors (Lipinski definition) is 1. The van der Waals surface area contributed by atoms with Crippen LogP contribution < -0.4 is 5.32 Å². The van der Waals surface area contributed by atoms with E-state index in [-0.39, 0.29) is 5.91 Å². The molecule has 2 bridgehead atoms. The smallest absolute Gasteiger partial charge is 0.251 e. The normalized spacial score (nSPS) is 39.4. The van der Waals surface area contributed by atoms with Crippen LogP contribution in [0.25, 0.3) is 0 Å². The van der Waals surface area contributed by atoms with E-state index in [9.17, 15) is 4.79 Å². The maximum Gasteiger partial charge on any atom is 0.251 e. The van der Waals surface area contributed by atoms with Gasteiger partial charge in [0.25, 0.3) is 5.91 Å². The Labute approximate surface area is 107 Å². The molecule has 0 aromatic heterocycles. The second-order valence-corrected chi connectivity index (χ2v) is 5.80. The third kappa shape index (κ3) is 1.57. The van der Waals surface area contributed by atoms with E-state index < -0.39 is 0 Å². The number of benzene rings is 1. The van der Waals surface area contributed by atoms with Gasteiger partial charge in [0.1, 0.15) is 0 Å². The summed E-state index contributed by atoms with van der Waals surface area (Å²) in [4.78, 5) is 12.0. The lowest BCUT2D eigenvalue weighted by molar-refractivity contribution is 0.0941. The number of epoxide rings is 1. The highest BCUT2D eigenvalue weighted by Gasteiger charge is 2.62. The lowest BCUT2D eigenvalue weighted by Gasteiger charge is -2.19. The topological polar surface area (TPSA) is 41.6 Å². The molecule has 1 saturated heterocycles. The second-order valence-electron chi connectivity index (χ2n) is 5.80. The van der Waals surface area contributed by atoms with E-state index in [1.807, 2.05) is 30.3 Å². The molecule has 94 valence electrons. The Morgan fingerprint density at radius 2 is 2.06 bits per heavy atom. The van der Waals surface area contributed by atoms with Gasteiger partial charge in [-0.3, -0.25) is 4.79 Å². The van der Waals surface area contributed by atoms with Crippen molar-refractivity contribution in [2.45, 2.75) is 25.0 Å². The second kappa shape index (κ2) is 3.82. The van der Waals surface area contributed by atoms with Crippen molar-refractivity contribution in [3.05, 3.63) is 35.9 Å². The number of carbonyl (C=O) groups is 1.